The lowest BCUT2D eigenvalue weighted by Crippen LogP contribution is -2.43. The van der Waals surface area contributed by atoms with E-state index >= 15 is 0 Å². The summed E-state index contributed by atoms with van der Waals surface area (Å²) in [4.78, 5) is 22.7. The van der Waals surface area contributed by atoms with Crippen molar-refractivity contribution in [2.24, 2.45) is 0 Å². The number of benzene rings is 1. The fourth-order valence-electron chi connectivity index (χ4n) is 1.37. The third-order valence-corrected chi connectivity index (χ3v) is 2.72. The van der Waals surface area contributed by atoms with Crippen molar-refractivity contribution in [3.63, 3.8) is 0 Å². The number of amides is 1. The van der Waals surface area contributed by atoms with E-state index in [1.165, 1.54) is 24.3 Å². The molecule has 0 spiro atoms. The van der Waals surface area contributed by atoms with Gasteiger partial charge >= 0.3 is 5.97 Å². The van der Waals surface area contributed by atoms with E-state index in [2.05, 4.69) is 10.1 Å². The Morgan fingerprint density at radius 2 is 2.25 bits per heavy atom. The molecule has 0 fully saturated rings. The number of esters is 1. The van der Waals surface area contributed by atoms with Crippen LogP contribution < -0.4 is 5.32 Å². The molecule has 0 aliphatic carbocycles. The van der Waals surface area contributed by atoms with Gasteiger partial charge in [-0.1, -0.05) is 17.7 Å². The van der Waals surface area contributed by atoms with Crippen LogP contribution >= 0.6 is 11.6 Å². The van der Waals surface area contributed by atoms with E-state index in [1.807, 2.05) is 0 Å². The lowest BCUT2D eigenvalue weighted by Gasteiger charge is -2.12. The summed E-state index contributed by atoms with van der Waals surface area (Å²) < 4.78 is 17.8. The highest BCUT2D eigenvalue weighted by Crippen LogP contribution is 2.20. The number of hydrogen-bond donors (Lipinski definition) is 2. The summed E-state index contributed by atoms with van der Waals surface area (Å²) in [5, 5.41) is 11.3. The zero-order valence-electron chi connectivity index (χ0n) is 10.6. The second-order valence-electron chi connectivity index (χ2n) is 3.74. The van der Waals surface area contributed by atoms with Crippen LogP contribution in [-0.2, 0) is 14.3 Å². The number of halogens is 2. The van der Waals surface area contributed by atoms with Gasteiger partial charge in [0.15, 0.2) is 6.04 Å². The monoisotopic (exact) mass is 301 g/mol. The largest absolute Gasteiger partial charge is 0.467 e. The van der Waals surface area contributed by atoms with E-state index in [9.17, 15) is 14.0 Å². The third kappa shape index (κ3) is 4.32. The molecule has 1 unspecified atom stereocenters. The van der Waals surface area contributed by atoms with Crippen molar-refractivity contribution >= 4 is 29.6 Å². The molecule has 0 bridgehead atoms. The molecule has 108 valence electrons. The maximum absolute atomic E-state index is 13.4. The highest BCUT2D eigenvalue weighted by Gasteiger charge is 2.19. The summed E-state index contributed by atoms with van der Waals surface area (Å²) in [7, 11) is 1.13. The van der Waals surface area contributed by atoms with Gasteiger partial charge in [0.2, 0.25) is 5.91 Å². The van der Waals surface area contributed by atoms with Crippen molar-refractivity contribution in [2.45, 2.75) is 6.04 Å². The van der Waals surface area contributed by atoms with Crippen LogP contribution in [0.15, 0.2) is 24.3 Å². The number of ether oxygens (including phenoxy) is 1. The predicted molar refractivity (Wildman–Crippen MR) is 71.5 cm³/mol. The highest BCUT2D eigenvalue weighted by atomic mass is 35.5. The first kappa shape index (κ1) is 16.1. The second-order valence-corrected chi connectivity index (χ2v) is 4.14. The second kappa shape index (κ2) is 7.62. The maximum Gasteiger partial charge on any atom is 0.330 e. The molecule has 20 heavy (non-hydrogen) atoms. The number of nitrogens with one attached hydrogen (secondary N) is 1. The van der Waals surface area contributed by atoms with Crippen LogP contribution in [0.2, 0.25) is 5.02 Å². The number of methoxy groups -OCH3 is 1. The average Bonchev–Trinajstić information content (AvgIpc) is 2.43. The van der Waals surface area contributed by atoms with Crippen molar-refractivity contribution in [3.05, 3.63) is 40.7 Å². The van der Waals surface area contributed by atoms with Crippen LogP contribution in [0.25, 0.3) is 6.08 Å². The standard InChI is InChI=1S/C13H13ClFNO4/c1-20-13(19)11(7-17)16-12(18)6-5-8-9(14)3-2-4-10(8)15/h2-6,11,17H,7H2,1H3,(H,16,18)/b6-5+. The Hall–Kier alpha value is -1.92. The van der Waals surface area contributed by atoms with Crippen molar-refractivity contribution in [2.75, 3.05) is 13.7 Å². The predicted octanol–water partition coefficient (Wildman–Crippen LogP) is 1.14. The summed E-state index contributed by atoms with van der Waals surface area (Å²) >= 11 is 5.78. The van der Waals surface area contributed by atoms with E-state index < -0.39 is 30.3 Å². The van der Waals surface area contributed by atoms with Crippen molar-refractivity contribution in [1.82, 2.24) is 5.32 Å². The Morgan fingerprint density at radius 1 is 1.55 bits per heavy atom. The molecule has 2 N–H and O–H groups in total. The molecule has 7 heteroatoms. The molecule has 1 atom stereocenters. The zero-order chi connectivity index (χ0) is 15.1. The summed E-state index contributed by atoms with van der Waals surface area (Å²) in [6.07, 6.45) is 2.19. The number of aliphatic hydroxyl groups excluding tert-OH is 1. The van der Waals surface area contributed by atoms with Crippen LogP contribution in [-0.4, -0.2) is 36.7 Å². The summed E-state index contributed by atoms with van der Waals surface area (Å²) in [6.45, 7) is -0.604. The molecule has 0 saturated heterocycles. The van der Waals surface area contributed by atoms with Crippen LogP contribution in [0, 0.1) is 5.82 Å². The van der Waals surface area contributed by atoms with E-state index in [0.717, 1.165) is 13.2 Å². The van der Waals surface area contributed by atoms with Gasteiger partial charge in [-0.05, 0) is 18.2 Å². The Morgan fingerprint density at radius 3 is 2.80 bits per heavy atom. The lowest BCUT2D eigenvalue weighted by molar-refractivity contribution is -0.145. The Bertz CT molecular complexity index is 513. The quantitative estimate of drug-likeness (QED) is 0.632. The normalized spacial score (nSPS) is 12.2. The Labute approximate surface area is 120 Å². The molecule has 1 aromatic rings. The summed E-state index contributed by atoms with van der Waals surface area (Å²) in [5.74, 6) is -2.04. The molecule has 0 radical (unpaired) electrons. The number of carbonyl (C=O) groups is 2. The molecule has 1 amide bonds. The molecule has 1 rings (SSSR count). The van der Waals surface area contributed by atoms with E-state index in [0.29, 0.717) is 0 Å². The van der Waals surface area contributed by atoms with Crippen molar-refractivity contribution in [1.29, 1.82) is 0 Å². The molecule has 1 aromatic carbocycles. The fraction of sp³-hybridized carbons (Fsp3) is 0.231. The van der Waals surface area contributed by atoms with Crippen LogP contribution in [0.3, 0.4) is 0 Å². The minimum absolute atomic E-state index is 0.0583. The molecule has 0 aliphatic rings. The van der Waals surface area contributed by atoms with Crippen molar-refractivity contribution in [3.8, 4) is 0 Å². The van der Waals surface area contributed by atoms with Gasteiger partial charge in [0.05, 0.1) is 18.7 Å². The van der Waals surface area contributed by atoms with Crippen LogP contribution in [0.1, 0.15) is 5.56 Å². The minimum Gasteiger partial charge on any atom is -0.467 e. The van der Waals surface area contributed by atoms with Gasteiger partial charge < -0.3 is 15.2 Å². The van der Waals surface area contributed by atoms with E-state index in [1.54, 1.807) is 0 Å². The van der Waals surface area contributed by atoms with Crippen molar-refractivity contribution < 1.29 is 23.8 Å². The Kier molecular flexibility index (Phi) is 6.14. The van der Waals surface area contributed by atoms with Gasteiger partial charge in [-0.15, -0.1) is 0 Å². The lowest BCUT2D eigenvalue weighted by atomic mass is 10.2. The average molecular weight is 302 g/mol. The minimum atomic E-state index is -1.17. The first-order valence-corrected chi connectivity index (χ1v) is 5.98. The third-order valence-electron chi connectivity index (χ3n) is 2.39. The number of hydrogen-bond acceptors (Lipinski definition) is 4. The smallest absolute Gasteiger partial charge is 0.330 e. The molecule has 0 aliphatic heterocycles. The van der Waals surface area contributed by atoms with Gasteiger partial charge in [0.1, 0.15) is 5.82 Å². The molecule has 0 heterocycles. The molecule has 5 nitrogen and oxygen atoms in total. The first-order chi connectivity index (χ1) is 9.49. The summed E-state index contributed by atoms with van der Waals surface area (Å²) in [5.41, 5.74) is 0.0583. The topological polar surface area (TPSA) is 75.6 Å². The fourth-order valence-corrected chi connectivity index (χ4v) is 1.60. The van der Waals surface area contributed by atoms with Crippen LogP contribution in [0.5, 0.6) is 0 Å². The molecular weight excluding hydrogens is 289 g/mol. The number of aliphatic hydroxyl groups is 1. The van der Waals surface area contributed by atoms with Gasteiger partial charge in [0.25, 0.3) is 0 Å². The van der Waals surface area contributed by atoms with E-state index in [-0.39, 0.29) is 10.6 Å². The number of carbonyl (C=O) groups excluding carboxylic acids is 2. The maximum atomic E-state index is 13.4. The zero-order valence-corrected chi connectivity index (χ0v) is 11.4. The molecular formula is C13H13ClFNO4. The van der Waals surface area contributed by atoms with Gasteiger partial charge in [-0.2, -0.15) is 0 Å². The van der Waals surface area contributed by atoms with Crippen LogP contribution in [0.4, 0.5) is 4.39 Å². The van der Waals surface area contributed by atoms with Gasteiger partial charge in [0, 0.05) is 11.6 Å². The SMILES string of the molecule is COC(=O)C(CO)NC(=O)/C=C/c1c(F)cccc1Cl. The first-order valence-electron chi connectivity index (χ1n) is 5.61. The molecule has 0 aromatic heterocycles. The molecule has 0 saturated carbocycles. The van der Waals surface area contributed by atoms with Gasteiger partial charge in [-0.25, -0.2) is 9.18 Å². The number of rotatable bonds is 5. The Balaban J connectivity index is 2.75. The van der Waals surface area contributed by atoms with Gasteiger partial charge in [-0.3, -0.25) is 4.79 Å². The summed E-state index contributed by atoms with van der Waals surface area (Å²) in [6, 6.07) is 2.95. The van der Waals surface area contributed by atoms with E-state index in [4.69, 9.17) is 16.7 Å². The highest BCUT2D eigenvalue weighted by molar-refractivity contribution is 6.32.